The maximum Gasteiger partial charge on any atom is 0.114 e. The topological polar surface area (TPSA) is 12.4 Å². The summed E-state index contributed by atoms with van der Waals surface area (Å²) >= 11 is 2.02. The molecule has 2 aromatic carbocycles. The lowest BCUT2D eigenvalue weighted by atomic mass is 10.2. The molecule has 2 aromatic rings. The first-order valence-electron chi connectivity index (χ1n) is 6.86. The Balaban J connectivity index is 2.01. The minimum Gasteiger partial charge on any atom is -0.288 e. The number of nitrogens with zero attached hydrogens (tertiary/aromatic N) is 1. The molecule has 0 N–H and O–H groups in total. The van der Waals surface area contributed by atoms with Crippen LogP contribution in [0.3, 0.4) is 0 Å². The molecule has 0 aromatic heterocycles. The fraction of sp³-hybridized carbons (Fsp3) is 0.235. The molecule has 0 aliphatic carbocycles. The Morgan fingerprint density at radius 2 is 1.75 bits per heavy atom. The first-order chi connectivity index (χ1) is 9.53. The molecule has 104 valence electrons. The van der Waals surface area contributed by atoms with Crippen LogP contribution in [0.25, 0.3) is 0 Å². The highest BCUT2D eigenvalue weighted by atomic mass is 32.4. The number of hydrogen-bond donors (Lipinski definition) is 0. The lowest BCUT2D eigenvalue weighted by molar-refractivity contribution is 1.08. The second-order valence-corrected chi connectivity index (χ2v) is 14.9. The third-order valence-corrected chi connectivity index (χ3v) is 6.29. The van der Waals surface area contributed by atoms with E-state index >= 15 is 0 Å². The van der Waals surface area contributed by atoms with E-state index in [9.17, 15) is 0 Å². The summed E-state index contributed by atoms with van der Waals surface area (Å²) in [6.07, 6.45) is 1.97. The highest BCUT2D eigenvalue weighted by Crippen LogP contribution is 2.29. The number of rotatable bonds is 5. The van der Waals surface area contributed by atoms with Crippen LogP contribution in [0.2, 0.25) is 19.6 Å². The molecule has 0 fully saturated rings. The lowest BCUT2D eigenvalue weighted by Gasteiger charge is -2.15. The van der Waals surface area contributed by atoms with E-state index in [-0.39, 0.29) is 0 Å². The molecule has 0 saturated carbocycles. The van der Waals surface area contributed by atoms with Crippen molar-refractivity contribution in [1.82, 2.24) is 0 Å². The highest BCUT2D eigenvalue weighted by molar-refractivity contribution is 8.28. The van der Waals surface area contributed by atoms with E-state index in [1.54, 1.807) is 0 Å². The van der Waals surface area contributed by atoms with Crippen LogP contribution in [0.15, 0.2) is 64.5 Å². The zero-order valence-corrected chi connectivity index (χ0v) is 14.2. The SMILES string of the molecule is C[Si](C)(C)Sc1cccc(C=NCc2ccccc2)c1. The monoisotopic (exact) mass is 299 g/mol. The quantitative estimate of drug-likeness (QED) is 0.544. The number of hydrogen-bond acceptors (Lipinski definition) is 2. The van der Waals surface area contributed by atoms with Crippen LogP contribution in [-0.4, -0.2) is 13.4 Å². The molecule has 0 bridgehead atoms. The average molecular weight is 300 g/mol. The van der Waals surface area contributed by atoms with Crippen molar-refractivity contribution in [3.63, 3.8) is 0 Å². The van der Waals surface area contributed by atoms with Crippen molar-refractivity contribution in [3.8, 4) is 0 Å². The van der Waals surface area contributed by atoms with Crippen LogP contribution in [0.4, 0.5) is 0 Å². The third kappa shape index (κ3) is 5.35. The maximum atomic E-state index is 4.53. The summed E-state index contributed by atoms with van der Waals surface area (Å²) in [6.45, 7) is 7.85. The molecule has 3 heteroatoms. The predicted octanol–water partition coefficient (Wildman–Crippen LogP) is 5.23. The van der Waals surface area contributed by atoms with Crippen molar-refractivity contribution < 1.29 is 0 Å². The van der Waals surface area contributed by atoms with Gasteiger partial charge in [0.1, 0.15) is 7.22 Å². The van der Waals surface area contributed by atoms with Crippen molar-refractivity contribution >= 4 is 24.6 Å². The molecule has 20 heavy (non-hydrogen) atoms. The van der Waals surface area contributed by atoms with Gasteiger partial charge in [-0.3, -0.25) is 4.99 Å². The molecule has 0 spiro atoms. The van der Waals surface area contributed by atoms with Gasteiger partial charge >= 0.3 is 0 Å². The molecule has 0 radical (unpaired) electrons. The second-order valence-electron chi connectivity index (χ2n) is 5.74. The smallest absolute Gasteiger partial charge is 0.114 e. The Bertz CT molecular complexity index is 573. The van der Waals surface area contributed by atoms with Gasteiger partial charge in [-0.05, 0) is 23.3 Å². The van der Waals surface area contributed by atoms with E-state index in [1.807, 2.05) is 23.5 Å². The predicted molar refractivity (Wildman–Crippen MR) is 93.4 cm³/mol. The molecule has 1 nitrogen and oxygen atoms in total. The minimum absolute atomic E-state index is 0.742. The van der Waals surface area contributed by atoms with Crippen LogP contribution in [0.5, 0.6) is 0 Å². The summed E-state index contributed by atoms with van der Waals surface area (Å²) in [6, 6.07) is 19.0. The van der Waals surface area contributed by atoms with Gasteiger partial charge in [0.15, 0.2) is 0 Å². The lowest BCUT2D eigenvalue weighted by Crippen LogP contribution is -2.13. The summed E-state index contributed by atoms with van der Waals surface area (Å²) in [5.74, 6) is 0. The van der Waals surface area contributed by atoms with Gasteiger partial charge in [0.05, 0.1) is 6.54 Å². The summed E-state index contributed by atoms with van der Waals surface area (Å²) in [5, 5.41) is 0. The van der Waals surface area contributed by atoms with Crippen LogP contribution >= 0.6 is 11.2 Å². The average Bonchev–Trinajstić information content (AvgIpc) is 2.38. The van der Waals surface area contributed by atoms with Gasteiger partial charge in [-0.2, -0.15) is 11.2 Å². The van der Waals surface area contributed by atoms with E-state index in [1.165, 1.54) is 16.0 Å². The van der Waals surface area contributed by atoms with Crippen LogP contribution in [-0.2, 0) is 6.54 Å². The van der Waals surface area contributed by atoms with Gasteiger partial charge < -0.3 is 0 Å². The molecule has 0 saturated heterocycles. The Labute approximate surface area is 126 Å². The Morgan fingerprint density at radius 3 is 2.45 bits per heavy atom. The molecular formula is C17H21NSSi. The van der Waals surface area contributed by atoms with Crippen molar-refractivity contribution in [2.24, 2.45) is 4.99 Å². The van der Waals surface area contributed by atoms with Crippen LogP contribution < -0.4 is 0 Å². The van der Waals surface area contributed by atoms with E-state index in [0.717, 1.165) is 6.54 Å². The molecule has 0 atom stereocenters. The highest BCUT2D eigenvalue weighted by Gasteiger charge is 2.14. The van der Waals surface area contributed by atoms with Gasteiger partial charge in [-0.25, -0.2) is 0 Å². The van der Waals surface area contributed by atoms with Crippen molar-refractivity contribution in [2.45, 2.75) is 31.1 Å². The van der Waals surface area contributed by atoms with E-state index < -0.39 is 7.22 Å². The Hall–Kier alpha value is -1.32. The molecular weight excluding hydrogens is 278 g/mol. The molecule has 0 heterocycles. The zero-order chi connectivity index (χ0) is 14.4. The van der Waals surface area contributed by atoms with E-state index in [0.29, 0.717) is 0 Å². The first-order valence-corrected chi connectivity index (χ1v) is 11.9. The largest absolute Gasteiger partial charge is 0.288 e. The third-order valence-electron chi connectivity index (χ3n) is 2.64. The summed E-state index contributed by atoms with van der Waals surface area (Å²) in [4.78, 5) is 5.88. The van der Waals surface area contributed by atoms with Crippen molar-refractivity contribution in [1.29, 1.82) is 0 Å². The normalized spacial score (nSPS) is 11.9. The van der Waals surface area contributed by atoms with Gasteiger partial charge in [0.25, 0.3) is 0 Å². The fourth-order valence-electron chi connectivity index (χ4n) is 1.85. The Morgan fingerprint density at radius 1 is 1.00 bits per heavy atom. The number of aliphatic imine (C=N–C) groups is 1. The Kier molecular flexibility index (Phi) is 5.21. The summed E-state index contributed by atoms with van der Waals surface area (Å²) in [7, 11) is -1.13. The molecule has 2 rings (SSSR count). The van der Waals surface area contributed by atoms with Crippen molar-refractivity contribution in [3.05, 3.63) is 65.7 Å². The van der Waals surface area contributed by atoms with E-state index in [2.05, 4.69) is 73.2 Å². The minimum atomic E-state index is -1.13. The standard InChI is InChI=1S/C17H21NSSi/c1-20(2,3)19-17-11-7-10-16(12-17)14-18-13-15-8-5-4-6-9-15/h4-12,14H,13H2,1-3H3. The number of benzene rings is 2. The van der Waals surface area contributed by atoms with Gasteiger partial charge in [0, 0.05) is 11.1 Å². The molecule has 0 unspecified atom stereocenters. The van der Waals surface area contributed by atoms with Gasteiger partial charge in [-0.15, -0.1) is 0 Å². The molecule has 0 aliphatic rings. The zero-order valence-electron chi connectivity index (χ0n) is 12.3. The van der Waals surface area contributed by atoms with E-state index in [4.69, 9.17) is 0 Å². The fourth-order valence-corrected chi connectivity index (χ4v) is 5.40. The summed E-state index contributed by atoms with van der Waals surface area (Å²) < 4.78 is 0. The summed E-state index contributed by atoms with van der Waals surface area (Å²) in [5.41, 5.74) is 2.43. The molecule has 0 aliphatic heterocycles. The first kappa shape index (κ1) is 15.1. The van der Waals surface area contributed by atoms with Crippen molar-refractivity contribution in [2.75, 3.05) is 0 Å². The van der Waals surface area contributed by atoms with Gasteiger partial charge in [0.2, 0.25) is 0 Å². The van der Waals surface area contributed by atoms with Gasteiger partial charge in [-0.1, -0.05) is 62.1 Å². The maximum absolute atomic E-state index is 4.53. The second kappa shape index (κ2) is 6.91. The van der Waals surface area contributed by atoms with Crippen LogP contribution in [0, 0.1) is 0 Å². The molecule has 0 amide bonds. The van der Waals surface area contributed by atoms with Crippen LogP contribution in [0.1, 0.15) is 11.1 Å².